The maximum Gasteiger partial charge on any atom is 0.160 e. The smallest absolute Gasteiger partial charge is 0.160 e. The Morgan fingerprint density at radius 1 is 0.270 bits per heavy atom. The summed E-state index contributed by atoms with van der Waals surface area (Å²) in [7, 11) is 0. The Morgan fingerprint density at radius 3 is 1.40 bits per heavy atom. The van der Waals surface area contributed by atoms with Gasteiger partial charge >= 0.3 is 0 Å². The van der Waals surface area contributed by atoms with Crippen molar-refractivity contribution in [1.29, 1.82) is 0 Å². The molecule has 3 heterocycles. The Morgan fingerprint density at radius 2 is 0.746 bits per heavy atom. The van der Waals surface area contributed by atoms with E-state index in [9.17, 15) is 0 Å². The van der Waals surface area contributed by atoms with Crippen LogP contribution in [0.15, 0.2) is 231 Å². The molecule has 0 saturated carbocycles. The molecule has 9 aromatic carbocycles. The lowest BCUT2D eigenvalue weighted by molar-refractivity contribution is 1.18. The van der Waals surface area contributed by atoms with Crippen LogP contribution in [0.25, 0.3) is 117 Å². The largest absolute Gasteiger partial charge is 0.309 e. The highest BCUT2D eigenvalue weighted by molar-refractivity contribution is 6.29. The zero-order valence-corrected chi connectivity index (χ0v) is 34.2. The molecular weight excluding hydrogens is 765 g/mol. The van der Waals surface area contributed by atoms with Crippen molar-refractivity contribution in [3.8, 4) is 73.1 Å². The van der Waals surface area contributed by atoms with Crippen molar-refractivity contribution < 1.29 is 0 Å². The first-order chi connectivity index (χ1) is 31.3. The van der Waals surface area contributed by atoms with Crippen molar-refractivity contribution in [3.63, 3.8) is 0 Å². The lowest BCUT2D eigenvalue weighted by Gasteiger charge is -2.18. The molecule has 0 spiro atoms. The first-order valence-corrected chi connectivity index (χ1v) is 21.4. The highest BCUT2D eigenvalue weighted by Gasteiger charge is 2.22. The summed E-state index contributed by atoms with van der Waals surface area (Å²) >= 11 is 0. The van der Waals surface area contributed by atoms with Crippen molar-refractivity contribution in [2.24, 2.45) is 0 Å². The SMILES string of the molecule is c1ccc(-c2ccc(-c3nc(-c4ccccc4)c(-c4ccc(-c5nc6ccccc6c6c5ccc5c6c6ccccc6n5-c5ccccc5)cc4)c(-c4ccccc4)n3)cc2)cc1. The Hall–Kier alpha value is -8.47. The Kier molecular flexibility index (Phi) is 8.79. The fraction of sp³-hybridized carbons (Fsp3) is 0. The normalized spacial score (nSPS) is 11.5. The van der Waals surface area contributed by atoms with Crippen molar-refractivity contribution >= 4 is 43.5 Å². The second kappa shape index (κ2) is 15.2. The summed E-state index contributed by atoms with van der Waals surface area (Å²) in [6.07, 6.45) is 0. The Labute approximate surface area is 365 Å². The summed E-state index contributed by atoms with van der Waals surface area (Å²) in [5, 5.41) is 5.92. The molecular formula is C59H38N4. The molecule has 3 aromatic heterocycles. The molecule has 0 unspecified atom stereocenters. The summed E-state index contributed by atoms with van der Waals surface area (Å²) < 4.78 is 2.38. The van der Waals surface area contributed by atoms with Crippen LogP contribution in [-0.4, -0.2) is 19.5 Å². The van der Waals surface area contributed by atoms with E-state index in [1.54, 1.807) is 0 Å². The van der Waals surface area contributed by atoms with Gasteiger partial charge in [-0.05, 0) is 47.0 Å². The van der Waals surface area contributed by atoms with Crippen LogP contribution in [0.5, 0.6) is 0 Å². The predicted octanol–water partition coefficient (Wildman–Crippen LogP) is 15.3. The number of benzene rings is 9. The molecule has 12 rings (SSSR count). The van der Waals surface area contributed by atoms with Crippen LogP contribution in [0.4, 0.5) is 0 Å². The highest BCUT2D eigenvalue weighted by atomic mass is 15.0. The number of rotatable bonds is 7. The van der Waals surface area contributed by atoms with Crippen LogP contribution in [-0.2, 0) is 0 Å². The number of aromatic nitrogens is 4. The lowest BCUT2D eigenvalue weighted by atomic mass is 9.92. The maximum atomic E-state index is 5.40. The third-order valence-electron chi connectivity index (χ3n) is 12.2. The molecule has 0 aliphatic carbocycles. The minimum atomic E-state index is 0.680. The summed E-state index contributed by atoms with van der Waals surface area (Å²) in [5.74, 6) is 0.680. The fourth-order valence-corrected chi connectivity index (χ4v) is 9.29. The van der Waals surface area contributed by atoms with Crippen LogP contribution in [0.3, 0.4) is 0 Å². The standard InChI is InChI=1S/C59H38N4/c1-5-17-39(18-6-1)40-29-35-45(36-30-40)59-61-57(42-19-7-2-8-20-42)53(58(62-59)43-21-9-3-10-22-43)41-31-33-44(34-32-41)56-49-37-38-52-55(54(49)47-25-13-15-27-50(47)60-56)48-26-14-16-28-51(48)63(52)46-23-11-4-12-24-46/h1-38H. The topological polar surface area (TPSA) is 43.6 Å². The van der Waals surface area contributed by atoms with Gasteiger partial charge < -0.3 is 4.57 Å². The molecule has 0 fully saturated rings. The van der Waals surface area contributed by atoms with Gasteiger partial charge in [0.05, 0.1) is 33.6 Å². The molecule has 0 amide bonds. The zero-order chi connectivity index (χ0) is 41.7. The zero-order valence-electron chi connectivity index (χ0n) is 34.2. The predicted molar refractivity (Wildman–Crippen MR) is 262 cm³/mol. The molecule has 0 radical (unpaired) electrons. The first kappa shape index (κ1) is 36.4. The minimum Gasteiger partial charge on any atom is -0.309 e. The molecule has 0 N–H and O–H groups in total. The number of fused-ring (bicyclic) bond motifs is 7. The average molecular weight is 803 g/mol. The van der Waals surface area contributed by atoms with E-state index in [1.165, 1.54) is 32.8 Å². The molecule has 0 saturated heterocycles. The van der Waals surface area contributed by atoms with Crippen LogP contribution in [0, 0.1) is 0 Å². The number of hydrogen-bond donors (Lipinski definition) is 0. The Bertz CT molecular complexity index is 3560. The van der Waals surface area contributed by atoms with E-state index in [0.717, 1.165) is 78.0 Å². The molecule has 4 heteroatoms. The maximum absolute atomic E-state index is 5.40. The summed E-state index contributed by atoms with van der Waals surface area (Å²) in [5.41, 5.74) is 15.6. The van der Waals surface area contributed by atoms with Gasteiger partial charge in [0.2, 0.25) is 0 Å². The molecule has 0 atom stereocenters. The average Bonchev–Trinajstić information content (AvgIpc) is 3.71. The third kappa shape index (κ3) is 6.27. The first-order valence-electron chi connectivity index (χ1n) is 21.4. The van der Waals surface area contributed by atoms with Gasteiger partial charge in [-0.15, -0.1) is 0 Å². The fourth-order valence-electron chi connectivity index (χ4n) is 9.29. The molecule has 0 aliphatic heterocycles. The lowest BCUT2D eigenvalue weighted by Crippen LogP contribution is -2.01. The minimum absolute atomic E-state index is 0.680. The summed E-state index contributed by atoms with van der Waals surface area (Å²) in [6.45, 7) is 0. The highest BCUT2D eigenvalue weighted by Crippen LogP contribution is 2.44. The van der Waals surface area contributed by atoms with Crippen LogP contribution in [0.2, 0.25) is 0 Å². The molecule has 4 nitrogen and oxygen atoms in total. The number of pyridine rings is 1. The van der Waals surface area contributed by atoms with Gasteiger partial charge in [-0.2, -0.15) is 0 Å². The van der Waals surface area contributed by atoms with Crippen molar-refractivity contribution in [2.45, 2.75) is 0 Å². The van der Waals surface area contributed by atoms with Gasteiger partial charge in [-0.1, -0.05) is 200 Å². The molecule has 63 heavy (non-hydrogen) atoms. The quantitative estimate of drug-likeness (QED) is 0.151. The van der Waals surface area contributed by atoms with E-state index in [2.05, 4.69) is 229 Å². The molecule has 0 bridgehead atoms. The number of nitrogens with zero attached hydrogens (tertiary/aromatic N) is 4. The van der Waals surface area contributed by atoms with E-state index >= 15 is 0 Å². The summed E-state index contributed by atoms with van der Waals surface area (Å²) in [6, 6.07) is 81.3. The van der Waals surface area contributed by atoms with E-state index in [-0.39, 0.29) is 0 Å². The van der Waals surface area contributed by atoms with Gasteiger partial charge in [-0.25, -0.2) is 15.0 Å². The van der Waals surface area contributed by atoms with E-state index in [0.29, 0.717) is 5.82 Å². The molecule has 294 valence electrons. The second-order valence-corrected chi connectivity index (χ2v) is 15.9. The summed E-state index contributed by atoms with van der Waals surface area (Å²) in [4.78, 5) is 16.2. The van der Waals surface area contributed by atoms with Gasteiger partial charge in [0.1, 0.15) is 0 Å². The molecule has 12 aromatic rings. The number of hydrogen-bond acceptors (Lipinski definition) is 3. The van der Waals surface area contributed by atoms with E-state index in [4.69, 9.17) is 15.0 Å². The second-order valence-electron chi connectivity index (χ2n) is 15.9. The van der Waals surface area contributed by atoms with Crippen LogP contribution >= 0.6 is 0 Å². The van der Waals surface area contributed by atoms with Gasteiger partial charge in [0.15, 0.2) is 5.82 Å². The van der Waals surface area contributed by atoms with Gasteiger partial charge in [0.25, 0.3) is 0 Å². The van der Waals surface area contributed by atoms with E-state index in [1.807, 2.05) is 6.07 Å². The van der Waals surface area contributed by atoms with Crippen molar-refractivity contribution in [3.05, 3.63) is 231 Å². The monoisotopic (exact) mass is 802 g/mol. The van der Waals surface area contributed by atoms with Crippen LogP contribution < -0.4 is 0 Å². The van der Waals surface area contributed by atoms with E-state index < -0.39 is 0 Å². The van der Waals surface area contributed by atoms with Crippen LogP contribution in [0.1, 0.15) is 0 Å². The van der Waals surface area contributed by atoms with Gasteiger partial charge in [0, 0.05) is 60.4 Å². The molecule has 0 aliphatic rings. The number of para-hydroxylation sites is 3. The van der Waals surface area contributed by atoms with Gasteiger partial charge in [-0.3, -0.25) is 0 Å². The Balaban J connectivity index is 1.05. The van der Waals surface area contributed by atoms with Crippen molar-refractivity contribution in [1.82, 2.24) is 19.5 Å². The third-order valence-corrected chi connectivity index (χ3v) is 12.2. The van der Waals surface area contributed by atoms with Crippen molar-refractivity contribution in [2.75, 3.05) is 0 Å².